The van der Waals surface area contributed by atoms with E-state index in [-0.39, 0.29) is 11.7 Å². The summed E-state index contributed by atoms with van der Waals surface area (Å²) in [6, 6.07) is 7.95. The second-order valence-electron chi connectivity index (χ2n) is 8.03. The molecular weight excluding hydrogens is 368 g/mol. The molecule has 2 heterocycles. The zero-order valence-corrected chi connectivity index (χ0v) is 17.4. The Balaban J connectivity index is 1.56. The third-order valence-corrected chi connectivity index (χ3v) is 6.21. The predicted molar refractivity (Wildman–Crippen MR) is 111 cm³/mol. The van der Waals surface area contributed by atoms with Gasteiger partial charge in [-0.2, -0.15) is 0 Å². The Kier molecular flexibility index (Phi) is 6.43. The first kappa shape index (κ1) is 20.3. The van der Waals surface area contributed by atoms with Gasteiger partial charge in [-0.1, -0.05) is 0 Å². The number of carbonyl (C=O) groups excluding carboxylic acids is 1. The highest BCUT2D eigenvalue weighted by molar-refractivity contribution is 6.01. The van der Waals surface area contributed by atoms with Crippen molar-refractivity contribution in [1.82, 2.24) is 9.88 Å². The highest BCUT2D eigenvalue weighted by atomic mass is 16.5. The number of ketones is 1. The third kappa shape index (κ3) is 4.60. The average Bonchev–Trinajstić information content (AvgIpc) is 2.78. The van der Waals surface area contributed by atoms with E-state index in [1.54, 1.807) is 14.2 Å². The summed E-state index contributed by atoms with van der Waals surface area (Å²) in [6.45, 7) is 4.10. The average molecular weight is 399 g/mol. The standard InChI is InChI=1S/C23H30N2O4/c1-27-20-6-3-16(4-7-20)22(26)17-5-8-21-18(13-17)14-19(23(24-21)28-2)15-25-9-11-29-12-10-25/h5,8,13-14,16,20H,3-4,6-7,9-12,15H2,1-2H3. The number of ether oxygens (including phenoxy) is 3. The molecule has 4 rings (SSSR count). The summed E-state index contributed by atoms with van der Waals surface area (Å²) >= 11 is 0. The molecule has 1 aromatic heterocycles. The van der Waals surface area contributed by atoms with Gasteiger partial charge < -0.3 is 14.2 Å². The van der Waals surface area contributed by atoms with Gasteiger partial charge >= 0.3 is 0 Å². The first-order valence-electron chi connectivity index (χ1n) is 10.5. The van der Waals surface area contributed by atoms with E-state index in [0.717, 1.165) is 80.6 Å². The summed E-state index contributed by atoms with van der Waals surface area (Å²) in [5.41, 5.74) is 2.68. The molecule has 2 aromatic rings. The normalized spacial score (nSPS) is 23.2. The molecule has 0 spiro atoms. The van der Waals surface area contributed by atoms with E-state index in [1.807, 2.05) is 18.2 Å². The summed E-state index contributed by atoms with van der Waals surface area (Å²) in [5, 5.41) is 0.991. The number of pyridine rings is 1. The monoisotopic (exact) mass is 398 g/mol. The second-order valence-corrected chi connectivity index (χ2v) is 8.03. The topological polar surface area (TPSA) is 60.9 Å². The Morgan fingerprint density at radius 2 is 1.90 bits per heavy atom. The van der Waals surface area contributed by atoms with Crippen LogP contribution in [0.1, 0.15) is 41.6 Å². The Hall–Kier alpha value is -2.02. The van der Waals surface area contributed by atoms with E-state index in [2.05, 4.69) is 16.0 Å². The van der Waals surface area contributed by atoms with Crippen molar-refractivity contribution in [2.45, 2.75) is 38.3 Å². The smallest absolute Gasteiger partial charge is 0.218 e. The first-order chi connectivity index (χ1) is 14.2. The third-order valence-electron chi connectivity index (χ3n) is 6.21. The number of morpholine rings is 1. The van der Waals surface area contributed by atoms with Gasteiger partial charge in [-0.25, -0.2) is 4.98 Å². The van der Waals surface area contributed by atoms with Crippen LogP contribution in [0, 0.1) is 5.92 Å². The highest BCUT2D eigenvalue weighted by Crippen LogP contribution is 2.30. The number of aromatic nitrogens is 1. The van der Waals surface area contributed by atoms with Crippen LogP contribution in [0.15, 0.2) is 24.3 Å². The molecule has 0 bridgehead atoms. The van der Waals surface area contributed by atoms with Crippen molar-refractivity contribution in [3.05, 3.63) is 35.4 Å². The number of benzene rings is 1. The van der Waals surface area contributed by atoms with Crippen molar-refractivity contribution in [3.8, 4) is 5.88 Å². The largest absolute Gasteiger partial charge is 0.481 e. The number of carbonyl (C=O) groups is 1. The fraction of sp³-hybridized carbons (Fsp3) is 0.565. The second kappa shape index (κ2) is 9.20. The van der Waals surface area contributed by atoms with Gasteiger partial charge in [0.05, 0.1) is 31.9 Å². The molecule has 1 aliphatic carbocycles. The number of Topliss-reactive ketones (excluding diaryl/α,β-unsaturated/α-hetero) is 1. The zero-order valence-electron chi connectivity index (χ0n) is 17.4. The van der Waals surface area contributed by atoms with Crippen molar-refractivity contribution in [3.63, 3.8) is 0 Å². The molecule has 6 nitrogen and oxygen atoms in total. The molecule has 0 amide bonds. The minimum Gasteiger partial charge on any atom is -0.481 e. The summed E-state index contributed by atoms with van der Waals surface area (Å²) in [7, 11) is 3.41. The molecule has 156 valence electrons. The minimum atomic E-state index is 0.0953. The molecule has 29 heavy (non-hydrogen) atoms. The van der Waals surface area contributed by atoms with Crippen LogP contribution in [-0.4, -0.2) is 62.3 Å². The number of hydrogen-bond donors (Lipinski definition) is 0. The van der Waals surface area contributed by atoms with Gasteiger partial charge in [-0.15, -0.1) is 0 Å². The van der Waals surface area contributed by atoms with E-state index in [1.165, 1.54) is 0 Å². The Labute approximate surface area is 172 Å². The molecule has 2 fully saturated rings. The van der Waals surface area contributed by atoms with Crippen LogP contribution >= 0.6 is 0 Å². The van der Waals surface area contributed by atoms with E-state index in [9.17, 15) is 4.79 Å². The summed E-state index contributed by atoms with van der Waals surface area (Å²) < 4.78 is 16.4. The quantitative estimate of drug-likeness (QED) is 0.695. The lowest BCUT2D eigenvalue weighted by molar-refractivity contribution is 0.0338. The molecule has 1 aromatic carbocycles. The maximum absolute atomic E-state index is 13.1. The van der Waals surface area contributed by atoms with Crippen LogP contribution in [0.5, 0.6) is 5.88 Å². The van der Waals surface area contributed by atoms with Crippen LogP contribution in [-0.2, 0) is 16.0 Å². The summed E-state index contributed by atoms with van der Waals surface area (Å²) in [4.78, 5) is 20.1. The fourth-order valence-electron chi connectivity index (χ4n) is 4.44. The van der Waals surface area contributed by atoms with E-state index in [0.29, 0.717) is 12.0 Å². The van der Waals surface area contributed by atoms with Crippen LogP contribution in [0.3, 0.4) is 0 Å². The van der Waals surface area contributed by atoms with Crippen LogP contribution < -0.4 is 4.74 Å². The molecule has 1 saturated heterocycles. The minimum absolute atomic E-state index is 0.0953. The van der Waals surface area contributed by atoms with Gasteiger partial charge in [0.1, 0.15) is 0 Å². The molecule has 0 atom stereocenters. The Morgan fingerprint density at radius 1 is 1.14 bits per heavy atom. The molecule has 6 heteroatoms. The number of fused-ring (bicyclic) bond motifs is 1. The summed E-state index contributed by atoms with van der Waals surface area (Å²) in [5.74, 6) is 0.992. The van der Waals surface area contributed by atoms with Gasteiger partial charge in [0.25, 0.3) is 0 Å². The lowest BCUT2D eigenvalue weighted by atomic mass is 9.82. The molecule has 0 N–H and O–H groups in total. The van der Waals surface area contributed by atoms with Crippen LogP contribution in [0.25, 0.3) is 10.9 Å². The highest BCUT2D eigenvalue weighted by Gasteiger charge is 2.27. The van der Waals surface area contributed by atoms with Gasteiger partial charge in [0.15, 0.2) is 5.78 Å². The molecule has 0 unspecified atom stereocenters. The van der Waals surface area contributed by atoms with Crippen molar-refractivity contribution < 1.29 is 19.0 Å². The lowest BCUT2D eigenvalue weighted by Crippen LogP contribution is -2.35. The van der Waals surface area contributed by atoms with Crippen LogP contribution in [0.2, 0.25) is 0 Å². The maximum atomic E-state index is 13.1. The van der Waals surface area contributed by atoms with Gasteiger partial charge in [-0.3, -0.25) is 9.69 Å². The number of hydrogen-bond acceptors (Lipinski definition) is 6. The van der Waals surface area contributed by atoms with Crippen molar-refractivity contribution in [2.24, 2.45) is 5.92 Å². The van der Waals surface area contributed by atoms with E-state index < -0.39 is 0 Å². The number of rotatable bonds is 6. The van der Waals surface area contributed by atoms with Crippen molar-refractivity contribution in [2.75, 3.05) is 40.5 Å². The molecule has 0 radical (unpaired) electrons. The van der Waals surface area contributed by atoms with Crippen LogP contribution in [0.4, 0.5) is 0 Å². The summed E-state index contributed by atoms with van der Waals surface area (Å²) in [6.07, 6.45) is 4.03. The maximum Gasteiger partial charge on any atom is 0.218 e. The molecular formula is C23H30N2O4. The number of nitrogens with zero attached hydrogens (tertiary/aromatic N) is 2. The zero-order chi connectivity index (χ0) is 20.2. The molecule has 2 aliphatic rings. The first-order valence-corrected chi connectivity index (χ1v) is 10.5. The fourth-order valence-corrected chi connectivity index (χ4v) is 4.44. The lowest BCUT2D eigenvalue weighted by Gasteiger charge is -2.27. The molecule has 1 aliphatic heterocycles. The Morgan fingerprint density at radius 3 is 2.59 bits per heavy atom. The van der Waals surface area contributed by atoms with Gasteiger partial charge in [0.2, 0.25) is 5.88 Å². The predicted octanol–water partition coefficient (Wildman–Crippen LogP) is 3.46. The van der Waals surface area contributed by atoms with Gasteiger partial charge in [-0.05, 0) is 49.9 Å². The van der Waals surface area contributed by atoms with Gasteiger partial charge in [0, 0.05) is 49.2 Å². The number of methoxy groups -OCH3 is 2. The van der Waals surface area contributed by atoms with E-state index in [4.69, 9.17) is 14.2 Å². The van der Waals surface area contributed by atoms with Crippen molar-refractivity contribution >= 4 is 16.7 Å². The molecule has 1 saturated carbocycles. The SMILES string of the molecule is COc1nc2ccc(C(=O)C3CCC(OC)CC3)cc2cc1CN1CCOCC1. The van der Waals surface area contributed by atoms with E-state index >= 15 is 0 Å². The van der Waals surface area contributed by atoms with Crippen molar-refractivity contribution in [1.29, 1.82) is 0 Å². The Bertz CT molecular complexity index is 855.